The molecule has 78 valence electrons. The van der Waals surface area contributed by atoms with Crippen LogP contribution in [0.15, 0.2) is 12.4 Å². The van der Waals surface area contributed by atoms with Crippen molar-refractivity contribution in [2.45, 2.75) is 12.8 Å². The first kappa shape index (κ1) is 10.7. The van der Waals surface area contributed by atoms with E-state index < -0.39 is 0 Å². The fourth-order valence-electron chi connectivity index (χ4n) is 1.41. The molecule has 0 aromatic carbocycles. The zero-order valence-corrected chi connectivity index (χ0v) is 10.5. The molecule has 0 unspecified atom stereocenters. The summed E-state index contributed by atoms with van der Waals surface area (Å²) in [6.45, 7) is 1.59. The lowest BCUT2D eigenvalue weighted by atomic mass is 10.4. The van der Waals surface area contributed by atoms with Crippen LogP contribution in [0.5, 0.6) is 0 Å². The van der Waals surface area contributed by atoms with Crippen LogP contribution in [-0.2, 0) is 0 Å². The van der Waals surface area contributed by atoms with Gasteiger partial charge in [0.2, 0.25) is 5.95 Å². The number of hydrogen-bond acceptors (Lipinski definition) is 3. The number of hydrogen-bond donors (Lipinski definition) is 0. The number of rotatable bonds is 4. The molecular weight excluding hydrogens is 301 g/mol. The first-order chi connectivity index (χ1) is 7.29. The van der Waals surface area contributed by atoms with Crippen molar-refractivity contribution in [3.8, 4) is 12.3 Å². The van der Waals surface area contributed by atoms with E-state index in [1.807, 2.05) is 12.4 Å². The minimum absolute atomic E-state index is 0.594. The zero-order valence-electron chi connectivity index (χ0n) is 8.36. The highest BCUT2D eigenvalue weighted by Gasteiger charge is 2.25. The molecule has 0 spiro atoms. The van der Waals surface area contributed by atoms with Gasteiger partial charge in [-0.1, -0.05) is 5.92 Å². The summed E-state index contributed by atoms with van der Waals surface area (Å²) < 4.78 is 1.04. The van der Waals surface area contributed by atoms with Crippen LogP contribution in [0, 0.1) is 21.8 Å². The maximum Gasteiger partial charge on any atom is 0.226 e. The first-order valence-corrected chi connectivity index (χ1v) is 6.03. The predicted octanol–water partition coefficient (Wildman–Crippen LogP) is 1.93. The van der Waals surface area contributed by atoms with Crippen molar-refractivity contribution in [2.75, 3.05) is 18.0 Å². The maximum absolute atomic E-state index is 5.34. The molecule has 0 aliphatic heterocycles. The standard InChI is InChI=1S/C11H12IN3/c1-2-5-15(8-9-3-4-9)11-13-6-10(12)7-14-11/h1,6-7,9H,3-5,8H2. The van der Waals surface area contributed by atoms with Gasteiger partial charge in [0.05, 0.1) is 6.54 Å². The van der Waals surface area contributed by atoms with Crippen molar-refractivity contribution >= 4 is 28.5 Å². The summed E-state index contributed by atoms with van der Waals surface area (Å²) >= 11 is 2.20. The number of nitrogens with zero attached hydrogens (tertiary/aromatic N) is 3. The molecule has 1 heterocycles. The number of halogens is 1. The van der Waals surface area contributed by atoms with Crippen molar-refractivity contribution in [1.82, 2.24) is 9.97 Å². The van der Waals surface area contributed by atoms with Gasteiger partial charge < -0.3 is 4.90 Å². The molecule has 1 aromatic heterocycles. The van der Waals surface area contributed by atoms with Crippen LogP contribution in [0.3, 0.4) is 0 Å². The van der Waals surface area contributed by atoms with Crippen LogP contribution < -0.4 is 4.90 Å². The quantitative estimate of drug-likeness (QED) is 0.628. The highest BCUT2D eigenvalue weighted by Crippen LogP contribution is 2.30. The summed E-state index contributed by atoms with van der Waals surface area (Å²) in [4.78, 5) is 10.7. The summed E-state index contributed by atoms with van der Waals surface area (Å²) in [6.07, 6.45) is 11.6. The van der Waals surface area contributed by atoms with Gasteiger partial charge in [-0.05, 0) is 41.4 Å². The Bertz CT molecular complexity index is 364. The van der Waals surface area contributed by atoms with Gasteiger partial charge in [-0.15, -0.1) is 6.42 Å². The SMILES string of the molecule is C#CCN(CC1CC1)c1ncc(I)cn1. The van der Waals surface area contributed by atoms with E-state index in [4.69, 9.17) is 6.42 Å². The van der Waals surface area contributed by atoms with Crippen molar-refractivity contribution < 1.29 is 0 Å². The van der Waals surface area contributed by atoms with Crippen LogP contribution in [-0.4, -0.2) is 23.1 Å². The number of terminal acetylenes is 1. The minimum atomic E-state index is 0.594. The van der Waals surface area contributed by atoms with Crippen molar-refractivity contribution in [1.29, 1.82) is 0 Å². The van der Waals surface area contributed by atoms with Crippen LogP contribution in [0.2, 0.25) is 0 Å². The summed E-state index contributed by atoms with van der Waals surface area (Å²) in [5, 5.41) is 0. The summed E-state index contributed by atoms with van der Waals surface area (Å²) in [5.74, 6) is 4.20. The second kappa shape index (κ2) is 4.79. The third-order valence-corrected chi connectivity index (χ3v) is 2.90. The molecule has 1 aliphatic rings. The van der Waals surface area contributed by atoms with E-state index in [1.165, 1.54) is 12.8 Å². The third-order valence-electron chi connectivity index (χ3n) is 2.35. The molecule has 2 rings (SSSR count). The van der Waals surface area contributed by atoms with Crippen molar-refractivity contribution in [3.05, 3.63) is 16.0 Å². The van der Waals surface area contributed by atoms with Gasteiger partial charge in [0, 0.05) is 22.5 Å². The highest BCUT2D eigenvalue weighted by atomic mass is 127. The molecule has 15 heavy (non-hydrogen) atoms. The lowest BCUT2D eigenvalue weighted by Crippen LogP contribution is -2.27. The largest absolute Gasteiger partial charge is 0.329 e. The van der Waals surface area contributed by atoms with Crippen molar-refractivity contribution in [2.24, 2.45) is 5.92 Å². The summed E-state index contributed by atoms with van der Waals surface area (Å²) in [6, 6.07) is 0. The molecular formula is C11H12IN3. The van der Waals surface area contributed by atoms with E-state index in [2.05, 4.69) is 43.4 Å². The molecule has 0 amide bonds. The van der Waals surface area contributed by atoms with Gasteiger partial charge in [-0.2, -0.15) is 0 Å². The lowest BCUT2D eigenvalue weighted by Gasteiger charge is -2.19. The van der Waals surface area contributed by atoms with E-state index in [0.29, 0.717) is 6.54 Å². The monoisotopic (exact) mass is 313 g/mol. The van der Waals surface area contributed by atoms with E-state index in [9.17, 15) is 0 Å². The smallest absolute Gasteiger partial charge is 0.226 e. The van der Waals surface area contributed by atoms with Gasteiger partial charge in [0.15, 0.2) is 0 Å². The molecule has 0 radical (unpaired) electrons. The topological polar surface area (TPSA) is 29.0 Å². The normalized spacial score (nSPS) is 14.7. The van der Waals surface area contributed by atoms with Crippen LogP contribution in [0.25, 0.3) is 0 Å². The van der Waals surface area contributed by atoms with Gasteiger partial charge >= 0.3 is 0 Å². The zero-order chi connectivity index (χ0) is 10.7. The Balaban J connectivity index is 2.08. The molecule has 1 saturated carbocycles. The summed E-state index contributed by atoms with van der Waals surface area (Å²) in [7, 11) is 0. The molecule has 0 atom stereocenters. The van der Waals surface area contributed by atoms with Gasteiger partial charge in [0.1, 0.15) is 0 Å². The Hall–Kier alpha value is -0.830. The number of anilines is 1. The molecule has 1 aliphatic carbocycles. The van der Waals surface area contributed by atoms with Gasteiger partial charge in [0.25, 0.3) is 0 Å². The minimum Gasteiger partial charge on any atom is -0.329 e. The molecule has 0 saturated heterocycles. The molecule has 0 N–H and O–H groups in total. The van der Waals surface area contributed by atoms with Crippen LogP contribution in [0.4, 0.5) is 5.95 Å². The molecule has 0 bridgehead atoms. The Morgan fingerprint density at radius 1 is 1.47 bits per heavy atom. The van der Waals surface area contributed by atoms with E-state index in [-0.39, 0.29) is 0 Å². The van der Waals surface area contributed by atoms with Crippen LogP contribution in [0.1, 0.15) is 12.8 Å². The molecule has 4 heteroatoms. The fourth-order valence-corrected chi connectivity index (χ4v) is 1.69. The summed E-state index contributed by atoms with van der Waals surface area (Å²) in [5.41, 5.74) is 0. The highest BCUT2D eigenvalue weighted by molar-refractivity contribution is 14.1. The molecule has 1 fully saturated rings. The van der Waals surface area contributed by atoms with Crippen LogP contribution >= 0.6 is 22.6 Å². The number of aromatic nitrogens is 2. The Kier molecular flexibility index (Phi) is 3.41. The Morgan fingerprint density at radius 2 is 2.13 bits per heavy atom. The molecule has 3 nitrogen and oxygen atoms in total. The third kappa shape index (κ3) is 3.06. The fraction of sp³-hybridized carbons (Fsp3) is 0.455. The Morgan fingerprint density at radius 3 is 2.67 bits per heavy atom. The van der Waals surface area contributed by atoms with Gasteiger partial charge in [-0.3, -0.25) is 0 Å². The van der Waals surface area contributed by atoms with E-state index in [1.54, 1.807) is 0 Å². The average molecular weight is 313 g/mol. The average Bonchev–Trinajstić information content (AvgIpc) is 3.02. The van der Waals surface area contributed by atoms with Gasteiger partial charge in [-0.25, -0.2) is 9.97 Å². The Labute approximate surface area is 103 Å². The predicted molar refractivity (Wildman–Crippen MR) is 68.5 cm³/mol. The van der Waals surface area contributed by atoms with Crippen molar-refractivity contribution in [3.63, 3.8) is 0 Å². The molecule has 1 aromatic rings. The second-order valence-corrected chi connectivity index (χ2v) is 4.97. The lowest BCUT2D eigenvalue weighted by molar-refractivity contribution is 0.741. The van der Waals surface area contributed by atoms with E-state index >= 15 is 0 Å². The first-order valence-electron chi connectivity index (χ1n) is 4.95. The van der Waals surface area contributed by atoms with E-state index in [0.717, 1.165) is 22.0 Å². The second-order valence-electron chi connectivity index (χ2n) is 3.73. The maximum atomic E-state index is 5.34.